The van der Waals surface area contributed by atoms with Crippen molar-refractivity contribution >= 4 is 22.1 Å². The van der Waals surface area contributed by atoms with Gasteiger partial charge in [0.1, 0.15) is 0 Å². The van der Waals surface area contributed by atoms with Crippen molar-refractivity contribution in [2.45, 2.75) is 20.3 Å². The summed E-state index contributed by atoms with van der Waals surface area (Å²) in [6.45, 7) is 4.35. The molecule has 0 amide bonds. The van der Waals surface area contributed by atoms with E-state index >= 15 is 0 Å². The molecule has 0 bridgehead atoms. The van der Waals surface area contributed by atoms with Gasteiger partial charge in [0.15, 0.2) is 0 Å². The standard InChI is InChI=1S/C11H11S/c1-3-9-5-4-6-10-8(2)12-7-11(9)10/h4-6H,3H2,1-2H3. The maximum absolute atomic E-state index is 3.35. The van der Waals surface area contributed by atoms with Crippen molar-refractivity contribution in [3.8, 4) is 0 Å². The van der Waals surface area contributed by atoms with E-state index in [1.165, 1.54) is 21.2 Å². The van der Waals surface area contributed by atoms with E-state index in [9.17, 15) is 0 Å². The van der Waals surface area contributed by atoms with Crippen molar-refractivity contribution < 1.29 is 0 Å². The number of benzene rings is 1. The summed E-state index contributed by atoms with van der Waals surface area (Å²) < 4.78 is 0. The predicted molar refractivity (Wildman–Crippen MR) is 54.8 cm³/mol. The average molecular weight is 175 g/mol. The summed E-state index contributed by atoms with van der Waals surface area (Å²) in [5.74, 6) is 0. The second-order valence-corrected chi connectivity index (χ2v) is 3.97. The minimum Gasteiger partial charge on any atom is -0.138 e. The predicted octanol–water partition coefficient (Wildman–Crippen LogP) is 3.57. The molecule has 1 heterocycles. The Labute approximate surface area is 76.8 Å². The first-order chi connectivity index (χ1) is 5.83. The van der Waals surface area contributed by atoms with Crippen LogP contribution in [0.2, 0.25) is 0 Å². The van der Waals surface area contributed by atoms with E-state index in [0.717, 1.165) is 6.42 Å². The maximum atomic E-state index is 3.35. The number of fused-ring (bicyclic) bond motifs is 1. The van der Waals surface area contributed by atoms with Gasteiger partial charge in [-0.2, -0.15) is 0 Å². The second kappa shape index (κ2) is 2.91. The molecule has 1 aromatic carbocycles. The van der Waals surface area contributed by atoms with Gasteiger partial charge in [-0.15, -0.1) is 11.3 Å². The van der Waals surface area contributed by atoms with E-state index in [1.54, 1.807) is 11.3 Å². The Morgan fingerprint density at radius 3 is 3.00 bits per heavy atom. The van der Waals surface area contributed by atoms with Crippen LogP contribution in [0.1, 0.15) is 17.4 Å². The molecule has 0 aliphatic heterocycles. The van der Waals surface area contributed by atoms with Crippen molar-refractivity contribution in [3.05, 3.63) is 34.0 Å². The molecule has 1 radical (unpaired) electrons. The van der Waals surface area contributed by atoms with E-state index in [4.69, 9.17) is 0 Å². The molecule has 0 atom stereocenters. The highest BCUT2D eigenvalue weighted by Crippen LogP contribution is 2.26. The Balaban J connectivity index is 2.81. The molecule has 2 rings (SSSR count). The largest absolute Gasteiger partial charge is 0.138 e. The molecule has 0 spiro atoms. The topological polar surface area (TPSA) is 0 Å². The lowest BCUT2D eigenvalue weighted by molar-refractivity contribution is 1.16. The van der Waals surface area contributed by atoms with Crippen molar-refractivity contribution in [1.29, 1.82) is 0 Å². The van der Waals surface area contributed by atoms with E-state index in [2.05, 4.69) is 37.4 Å². The van der Waals surface area contributed by atoms with Crippen molar-refractivity contribution in [2.24, 2.45) is 0 Å². The average Bonchev–Trinajstić information content (AvgIpc) is 2.48. The minimum atomic E-state index is 1.10. The van der Waals surface area contributed by atoms with Gasteiger partial charge < -0.3 is 0 Å². The zero-order valence-electron chi connectivity index (χ0n) is 7.35. The molecule has 0 saturated heterocycles. The Morgan fingerprint density at radius 1 is 1.42 bits per heavy atom. The van der Waals surface area contributed by atoms with Crippen LogP contribution < -0.4 is 0 Å². The minimum absolute atomic E-state index is 1.10. The van der Waals surface area contributed by atoms with Crippen LogP contribution in [0, 0.1) is 12.3 Å². The van der Waals surface area contributed by atoms with Crippen LogP contribution in [-0.4, -0.2) is 0 Å². The van der Waals surface area contributed by atoms with Crippen molar-refractivity contribution in [1.82, 2.24) is 0 Å². The molecule has 0 fully saturated rings. The van der Waals surface area contributed by atoms with E-state index in [-0.39, 0.29) is 0 Å². The van der Waals surface area contributed by atoms with Gasteiger partial charge >= 0.3 is 0 Å². The molecule has 2 aromatic rings. The van der Waals surface area contributed by atoms with E-state index < -0.39 is 0 Å². The van der Waals surface area contributed by atoms with Crippen molar-refractivity contribution in [2.75, 3.05) is 0 Å². The van der Waals surface area contributed by atoms with Crippen LogP contribution in [0.3, 0.4) is 0 Å². The van der Waals surface area contributed by atoms with Gasteiger partial charge in [-0.25, -0.2) is 0 Å². The summed E-state index contributed by atoms with van der Waals surface area (Å²) in [6.07, 6.45) is 1.10. The fourth-order valence-electron chi connectivity index (χ4n) is 1.49. The molecule has 1 heteroatoms. The molecule has 0 aliphatic carbocycles. The molecule has 1 aromatic heterocycles. The number of thiophene rings is 1. The summed E-state index contributed by atoms with van der Waals surface area (Å²) in [7, 11) is 0. The molecular weight excluding hydrogens is 164 g/mol. The van der Waals surface area contributed by atoms with Crippen molar-refractivity contribution in [3.63, 3.8) is 0 Å². The summed E-state index contributed by atoms with van der Waals surface area (Å²) in [5, 5.41) is 6.05. The lowest BCUT2D eigenvalue weighted by atomic mass is 10.1. The number of rotatable bonds is 1. The second-order valence-electron chi connectivity index (χ2n) is 2.95. The van der Waals surface area contributed by atoms with Gasteiger partial charge in [0.2, 0.25) is 0 Å². The molecule has 0 unspecified atom stereocenters. The zero-order valence-corrected chi connectivity index (χ0v) is 8.16. The van der Waals surface area contributed by atoms with Gasteiger partial charge in [0.25, 0.3) is 0 Å². The summed E-state index contributed by atoms with van der Waals surface area (Å²) >= 11 is 1.72. The lowest BCUT2D eigenvalue weighted by Crippen LogP contribution is -1.79. The van der Waals surface area contributed by atoms with Crippen LogP contribution in [0.4, 0.5) is 0 Å². The van der Waals surface area contributed by atoms with Gasteiger partial charge in [-0.3, -0.25) is 0 Å². The highest BCUT2D eigenvalue weighted by molar-refractivity contribution is 7.11. The third kappa shape index (κ3) is 1.05. The Morgan fingerprint density at radius 2 is 2.25 bits per heavy atom. The molecule has 0 N–H and O–H groups in total. The quantitative estimate of drug-likeness (QED) is 0.621. The summed E-state index contributed by atoms with van der Waals surface area (Å²) in [5.41, 5.74) is 1.41. The van der Waals surface area contributed by atoms with Gasteiger partial charge in [0.05, 0.1) is 5.38 Å². The molecule has 0 saturated carbocycles. The fourth-order valence-corrected chi connectivity index (χ4v) is 2.27. The first kappa shape index (κ1) is 7.81. The van der Waals surface area contributed by atoms with Crippen LogP contribution >= 0.6 is 11.3 Å². The molecule has 0 nitrogen and oxygen atoms in total. The number of hydrogen-bond acceptors (Lipinski definition) is 1. The number of hydrogen-bond donors (Lipinski definition) is 0. The third-order valence-electron chi connectivity index (χ3n) is 2.22. The molecule has 12 heavy (non-hydrogen) atoms. The van der Waals surface area contributed by atoms with Gasteiger partial charge in [0, 0.05) is 10.3 Å². The zero-order chi connectivity index (χ0) is 8.55. The maximum Gasteiger partial charge on any atom is 0.0533 e. The molecule has 0 aliphatic rings. The fraction of sp³-hybridized carbons (Fsp3) is 0.273. The first-order valence-electron chi connectivity index (χ1n) is 4.21. The monoisotopic (exact) mass is 175 g/mol. The summed E-state index contributed by atoms with van der Waals surface area (Å²) in [6, 6.07) is 6.50. The van der Waals surface area contributed by atoms with Crippen LogP contribution in [0.15, 0.2) is 18.2 Å². The highest BCUT2D eigenvalue weighted by atomic mass is 32.1. The third-order valence-corrected chi connectivity index (χ3v) is 3.05. The van der Waals surface area contributed by atoms with Gasteiger partial charge in [-0.05, 0) is 24.3 Å². The lowest BCUT2D eigenvalue weighted by Gasteiger charge is -1.97. The van der Waals surface area contributed by atoms with Crippen LogP contribution in [0.5, 0.6) is 0 Å². The molecule has 61 valence electrons. The Kier molecular flexibility index (Phi) is 1.89. The Hall–Kier alpha value is -0.820. The van der Waals surface area contributed by atoms with Crippen LogP contribution in [-0.2, 0) is 6.42 Å². The van der Waals surface area contributed by atoms with Crippen LogP contribution in [0.25, 0.3) is 10.8 Å². The normalized spacial score (nSPS) is 10.8. The first-order valence-corrected chi connectivity index (χ1v) is 5.03. The van der Waals surface area contributed by atoms with E-state index in [0.29, 0.717) is 0 Å². The Bertz CT molecular complexity index is 398. The highest BCUT2D eigenvalue weighted by Gasteiger charge is 2.02. The SMILES string of the molecule is CCc1cccc2c(C)s[c]c12. The summed E-state index contributed by atoms with van der Waals surface area (Å²) in [4.78, 5) is 1.38. The molecular formula is C11H11S. The number of aryl methyl sites for hydroxylation is 2. The van der Waals surface area contributed by atoms with E-state index in [1.807, 2.05) is 0 Å². The smallest absolute Gasteiger partial charge is 0.0533 e. The van der Waals surface area contributed by atoms with Gasteiger partial charge in [-0.1, -0.05) is 25.1 Å².